The Labute approximate surface area is 183 Å². The molecule has 9 heteroatoms. The minimum atomic E-state index is -4.39. The molecule has 0 aliphatic heterocycles. The zero-order chi connectivity index (χ0) is 22.8. The first-order chi connectivity index (χ1) is 14.5. The van der Waals surface area contributed by atoms with Gasteiger partial charge in [-0.3, -0.25) is 4.79 Å². The number of ether oxygens (including phenoxy) is 2. The smallest absolute Gasteiger partial charge is 0.416 e. The van der Waals surface area contributed by atoms with Crippen molar-refractivity contribution in [3.8, 4) is 17.2 Å². The molecule has 0 saturated heterocycles. The maximum atomic E-state index is 12.7. The molecule has 2 aromatic carbocycles. The first-order valence-electron chi connectivity index (χ1n) is 9.41. The molecule has 1 aromatic heterocycles. The maximum Gasteiger partial charge on any atom is 0.416 e. The molecule has 0 spiro atoms. The zero-order valence-corrected chi connectivity index (χ0v) is 19.3. The molecule has 3 rings (SSSR count). The molecule has 0 fully saturated rings. The van der Waals surface area contributed by atoms with Crippen molar-refractivity contribution < 1.29 is 27.4 Å². The normalized spacial score (nSPS) is 11.8. The molecular formula is C22H22F3NO3SSi. The molecule has 0 aliphatic carbocycles. The summed E-state index contributed by atoms with van der Waals surface area (Å²) in [7, 11) is -0.0829. The van der Waals surface area contributed by atoms with E-state index in [0.29, 0.717) is 22.1 Å². The van der Waals surface area contributed by atoms with Crippen LogP contribution >= 0.6 is 11.3 Å². The first kappa shape index (κ1) is 22.9. The third-order valence-electron chi connectivity index (χ3n) is 4.49. The zero-order valence-electron chi connectivity index (χ0n) is 17.5. The quantitative estimate of drug-likeness (QED) is 0.431. The van der Waals surface area contributed by atoms with Crippen LogP contribution in [-0.2, 0) is 6.18 Å². The topological polar surface area (TPSA) is 47.6 Å². The van der Waals surface area contributed by atoms with E-state index in [1.807, 2.05) is 5.38 Å². The number of carbonyl (C=O) groups excluding carboxylic acids is 1. The van der Waals surface area contributed by atoms with Gasteiger partial charge in [0.05, 0.1) is 20.7 Å². The summed E-state index contributed by atoms with van der Waals surface area (Å²) in [5.74, 6) is 1.09. The number of nitrogens with one attached hydrogen (secondary N) is 1. The Balaban J connectivity index is 1.68. The van der Waals surface area contributed by atoms with Crippen LogP contribution in [0.3, 0.4) is 0 Å². The van der Waals surface area contributed by atoms with Crippen molar-refractivity contribution in [3.05, 3.63) is 64.4 Å². The first-order valence-corrected chi connectivity index (χ1v) is 13.8. The van der Waals surface area contributed by atoms with Crippen LogP contribution in [0, 0.1) is 0 Å². The van der Waals surface area contributed by atoms with Crippen LogP contribution < -0.4 is 20.0 Å². The summed E-state index contributed by atoms with van der Waals surface area (Å²) in [6.07, 6.45) is -4.39. The van der Waals surface area contributed by atoms with Crippen molar-refractivity contribution in [2.75, 3.05) is 12.4 Å². The highest BCUT2D eigenvalue weighted by Gasteiger charge is 2.30. The van der Waals surface area contributed by atoms with Crippen LogP contribution in [0.5, 0.6) is 17.2 Å². The highest BCUT2D eigenvalue weighted by atomic mass is 32.1. The molecule has 0 atom stereocenters. The van der Waals surface area contributed by atoms with Crippen molar-refractivity contribution >= 4 is 36.2 Å². The molecule has 0 radical (unpaired) electrons. The molecule has 4 nitrogen and oxygen atoms in total. The van der Waals surface area contributed by atoms with Gasteiger partial charge in [0.15, 0.2) is 0 Å². The number of thiophene rings is 1. The van der Waals surface area contributed by atoms with Gasteiger partial charge < -0.3 is 14.8 Å². The minimum absolute atomic E-state index is 0.261. The van der Waals surface area contributed by atoms with Crippen molar-refractivity contribution in [2.24, 2.45) is 0 Å². The average Bonchev–Trinajstić information content (AvgIpc) is 3.14. The van der Waals surface area contributed by atoms with Crippen LogP contribution in [0.1, 0.15) is 15.2 Å². The third-order valence-corrected chi connectivity index (χ3v) is 7.65. The summed E-state index contributed by atoms with van der Waals surface area (Å²) in [4.78, 5) is 13.3. The van der Waals surface area contributed by atoms with Gasteiger partial charge in [0.2, 0.25) is 0 Å². The lowest BCUT2D eigenvalue weighted by Gasteiger charge is -2.17. The second-order valence-electron chi connectivity index (χ2n) is 7.86. The number of carbonyl (C=O) groups is 1. The SMILES string of the molecule is COc1c([Si](C)(C)C)csc1C(=O)Nc1ccc(Oc2ccc(C(F)(F)F)cc2)cc1. The van der Waals surface area contributed by atoms with E-state index in [2.05, 4.69) is 25.0 Å². The average molecular weight is 466 g/mol. The molecule has 1 N–H and O–H groups in total. The molecule has 0 saturated carbocycles. The Morgan fingerprint density at radius 2 is 1.52 bits per heavy atom. The van der Waals surface area contributed by atoms with E-state index < -0.39 is 19.8 Å². The van der Waals surface area contributed by atoms with E-state index in [9.17, 15) is 18.0 Å². The Morgan fingerprint density at radius 3 is 2.00 bits per heavy atom. The second kappa shape index (κ2) is 8.76. The number of alkyl halides is 3. The number of rotatable bonds is 6. The van der Waals surface area contributed by atoms with Gasteiger partial charge in [0.25, 0.3) is 5.91 Å². The van der Waals surface area contributed by atoms with Crippen molar-refractivity contribution in [3.63, 3.8) is 0 Å². The molecule has 0 bridgehead atoms. The van der Waals surface area contributed by atoms with Gasteiger partial charge >= 0.3 is 6.18 Å². The monoisotopic (exact) mass is 465 g/mol. The molecule has 3 aromatic rings. The second-order valence-corrected chi connectivity index (χ2v) is 13.8. The highest BCUT2D eigenvalue weighted by Crippen LogP contribution is 2.32. The number of methoxy groups -OCH3 is 1. The fraction of sp³-hybridized carbons (Fsp3) is 0.227. The summed E-state index contributed by atoms with van der Waals surface area (Å²) < 4.78 is 49.0. The van der Waals surface area contributed by atoms with Gasteiger partial charge in [0, 0.05) is 5.69 Å². The maximum absolute atomic E-state index is 12.7. The lowest BCUT2D eigenvalue weighted by Crippen LogP contribution is -2.37. The van der Waals surface area contributed by atoms with E-state index in [1.165, 1.54) is 23.5 Å². The molecule has 164 valence electrons. The van der Waals surface area contributed by atoms with Crippen LogP contribution in [0.25, 0.3) is 0 Å². The minimum Gasteiger partial charge on any atom is -0.495 e. The number of halogens is 3. The van der Waals surface area contributed by atoms with Crippen LogP contribution in [0.4, 0.5) is 18.9 Å². The summed E-state index contributed by atoms with van der Waals surface area (Å²) in [6.45, 7) is 6.57. The van der Waals surface area contributed by atoms with Gasteiger partial charge in [-0.1, -0.05) is 19.6 Å². The van der Waals surface area contributed by atoms with Gasteiger partial charge in [-0.25, -0.2) is 0 Å². The summed E-state index contributed by atoms with van der Waals surface area (Å²) in [5.41, 5.74) is -0.172. The van der Waals surface area contributed by atoms with Gasteiger partial charge in [-0.15, -0.1) is 11.3 Å². The Morgan fingerprint density at radius 1 is 0.968 bits per heavy atom. The highest BCUT2D eigenvalue weighted by molar-refractivity contribution is 7.15. The molecule has 31 heavy (non-hydrogen) atoms. The van der Waals surface area contributed by atoms with Crippen molar-refractivity contribution in [1.29, 1.82) is 0 Å². The lowest BCUT2D eigenvalue weighted by molar-refractivity contribution is -0.137. The van der Waals surface area contributed by atoms with Crippen molar-refractivity contribution in [1.82, 2.24) is 0 Å². The van der Waals surface area contributed by atoms with Crippen molar-refractivity contribution in [2.45, 2.75) is 25.8 Å². The standard InChI is InChI=1S/C22H22F3NO3SSi/c1-28-19-18(31(2,3)4)13-30-20(19)21(27)26-15-7-11-17(12-8-15)29-16-9-5-14(6-10-16)22(23,24)25/h5-13H,1-4H3,(H,26,27). The van der Waals surface area contributed by atoms with E-state index in [0.717, 1.165) is 17.3 Å². The molecular weight excluding hydrogens is 443 g/mol. The fourth-order valence-corrected chi connectivity index (χ4v) is 6.26. The predicted octanol–water partition coefficient (Wildman–Crippen LogP) is 6.37. The van der Waals surface area contributed by atoms with Gasteiger partial charge in [-0.2, -0.15) is 13.2 Å². The third kappa shape index (κ3) is 5.48. The number of hydrogen-bond acceptors (Lipinski definition) is 4. The summed E-state index contributed by atoms with van der Waals surface area (Å²) in [6, 6.07) is 11.0. The summed E-state index contributed by atoms with van der Waals surface area (Å²) >= 11 is 1.36. The van der Waals surface area contributed by atoms with E-state index in [4.69, 9.17) is 9.47 Å². The van der Waals surface area contributed by atoms with Gasteiger partial charge in [0.1, 0.15) is 22.1 Å². The van der Waals surface area contributed by atoms with Gasteiger partial charge in [-0.05, 0) is 59.1 Å². The van der Waals surface area contributed by atoms with E-state index in [-0.39, 0.29) is 11.7 Å². The number of benzene rings is 2. The fourth-order valence-electron chi connectivity index (χ4n) is 2.87. The van der Waals surface area contributed by atoms with Crippen LogP contribution in [0.2, 0.25) is 19.6 Å². The van der Waals surface area contributed by atoms with E-state index in [1.54, 1.807) is 31.4 Å². The van der Waals surface area contributed by atoms with E-state index >= 15 is 0 Å². The predicted molar refractivity (Wildman–Crippen MR) is 120 cm³/mol. The lowest BCUT2D eigenvalue weighted by atomic mass is 10.2. The number of anilines is 1. The molecule has 0 unspecified atom stereocenters. The number of amides is 1. The Bertz CT molecular complexity index is 1060. The Hall–Kier alpha value is -2.78. The molecule has 1 amide bonds. The number of hydrogen-bond donors (Lipinski definition) is 1. The van der Waals surface area contributed by atoms with Crippen LogP contribution in [-0.4, -0.2) is 21.1 Å². The molecule has 0 aliphatic rings. The summed E-state index contributed by atoms with van der Waals surface area (Å²) in [5, 5.41) is 5.93. The molecule has 1 heterocycles. The largest absolute Gasteiger partial charge is 0.495 e. The Kier molecular flexibility index (Phi) is 6.47. The van der Waals surface area contributed by atoms with Crippen LogP contribution in [0.15, 0.2) is 53.9 Å².